The molecule has 2 aromatic heterocycles. The van der Waals surface area contributed by atoms with E-state index in [1.165, 1.54) is 29.5 Å². The lowest BCUT2D eigenvalue weighted by Gasteiger charge is -2.07. The Morgan fingerprint density at radius 3 is 3.20 bits per heavy atom. The van der Waals surface area contributed by atoms with Crippen LogP contribution in [-0.4, -0.2) is 16.2 Å². The largest absolute Gasteiger partial charge is 0.310 e. The number of nitrogens with one attached hydrogen (secondary N) is 1. The summed E-state index contributed by atoms with van der Waals surface area (Å²) in [6.45, 7) is 3.22. The van der Waals surface area contributed by atoms with E-state index in [9.17, 15) is 0 Å². The first-order chi connectivity index (χ1) is 7.34. The molecule has 0 radical (unpaired) electrons. The smallest absolute Gasteiger partial charge is 0.0709 e. The fourth-order valence-corrected chi connectivity index (χ4v) is 2.33. The Morgan fingerprint density at radius 2 is 2.40 bits per heavy atom. The second kappa shape index (κ2) is 3.35. The Morgan fingerprint density at radius 1 is 1.47 bits per heavy atom. The van der Waals surface area contributed by atoms with E-state index in [0.29, 0.717) is 6.04 Å². The normalized spacial score (nSPS) is 21.3. The summed E-state index contributed by atoms with van der Waals surface area (Å²) in [6.07, 6.45) is 6.58. The summed E-state index contributed by atoms with van der Waals surface area (Å²) in [5.41, 5.74) is 3.82. The summed E-state index contributed by atoms with van der Waals surface area (Å²) in [5, 5.41) is 7.91. The van der Waals surface area contributed by atoms with Gasteiger partial charge in [-0.1, -0.05) is 6.07 Å². The average molecular weight is 201 g/mol. The lowest BCUT2D eigenvalue weighted by molar-refractivity contribution is 0.652. The van der Waals surface area contributed by atoms with Crippen molar-refractivity contribution in [3.05, 3.63) is 35.7 Å². The van der Waals surface area contributed by atoms with Gasteiger partial charge in [-0.25, -0.2) is 4.52 Å². The fourth-order valence-electron chi connectivity index (χ4n) is 2.33. The maximum absolute atomic E-state index is 4.40. The third-order valence-corrected chi connectivity index (χ3v) is 3.13. The Labute approximate surface area is 89.1 Å². The summed E-state index contributed by atoms with van der Waals surface area (Å²) in [7, 11) is 0. The van der Waals surface area contributed by atoms with Gasteiger partial charge >= 0.3 is 0 Å². The van der Waals surface area contributed by atoms with Crippen LogP contribution >= 0.6 is 0 Å². The standard InChI is InChI=1S/C12H15N3/c1-9-4-5-12-10(7-14-15(12)8-9)11-3-2-6-13-11/h4-5,7-8,11,13H,2-3,6H2,1H3. The SMILES string of the molecule is Cc1ccc2c(C3CCCN3)cnn2c1. The number of pyridine rings is 1. The van der Waals surface area contributed by atoms with Crippen LogP contribution in [0.3, 0.4) is 0 Å². The zero-order chi connectivity index (χ0) is 10.3. The molecule has 0 spiro atoms. The van der Waals surface area contributed by atoms with Gasteiger partial charge in [0.2, 0.25) is 0 Å². The van der Waals surface area contributed by atoms with Gasteiger partial charge in [0.05, 0.1) is 11.7 Å². The summed E-state index contributed by atoms with van der Waals surface area (Å²) >= 11 is 0. The van der Waals surface area contributed by atoms with Gasteiger partial charge in [0.15, 0.2) is 0 Å². The lowest BCUT2D eigenvalue weighted by atomic mass is 10.1. The summed E-state index contributed by atoms with van der Waals surface area (Å²) in [4.78, 5) is 0. The van der Waals surface area contributed by atoms with E-state index < -0.39 is 0 Å². The Kier molecular flexibility index (Phi) is 1.99. The minimum Gasteiger partial charge on any atom is -0.310 e. The van der Waals surface area contributed by atoms with Gasteiger partial charge in [0.1, 0.15) is 0 Å². The van der Waals surface area contributed by atoms with Gasteiger partial charge in [0, 0.05) is 17.8 Å². The molecule has 0 amide bonds. The van der Waals surface area contributed by atoms with Gasteiger partial charge in [-0.05, 0) is 37.9 Å². The first-order valence-corrected chi connectivity index (χ1v) is 5.52. The van der Waals surface area contributed by atoms with Crippen molar-refractivity contribution in [1.82, 2.24) is 14.9 Å². The number of aryl methyl sites for hydroxylation is 1. The first kappa shape index (κ1) is 8.92. The number of hydrogen-bond acceptors (Lipinski definition) is 2. The topological polar surface area (TPSA) is 29.3 Å². The van der Waals surface area contributed by atoms with E-state index in [2.05, 4.69) is 35.7 Å². The molecule has 0 aliphatic carbocycles. The number of fused-ring (bicyclic) bond motifs is 1. The molecular formula is C12H15N3. The molecule has 1 saturated heterocycles. The molecule has 0 aromatic carbocycles. The molecule has 1 fully saturated rings. The van der Waals surface area contributed by atoms with Crippen LogP contribution in [0.25, 0.3) is 5.52 Å². The Bertz CT molecular complexity index is 481. The molecule has 3 heterocycles. The summed E-state index contributed by atoms with van der Waals surface area (Å²) < 4.78 is 1.98. The molecule has 1 atom stereocenters. The highest BCUT2D eigenvalue weighted by Gasteiger charge is 2.19. The zero-order valence-corrected chi connectivity index (χ0v) is 8.90. The maximum Gasteiger partial charge on any atom is 0.0709 e. The van der Waals surface area contributed by atoms with Gasteiger partial charge in [-0.3, -0.25) is 0 Å². The van der Waals surface area contributed by atoms with Crippen molar-refractivity contribution in [2.75, 3.05) is 6.54 Å². The summed E-state index contributed by atoms with van der Waals surface area (Å²) in [5.74, 6) is 0. The van der Waals surface area contributed by atoms with E-state index >= 15 is 0 Å². The van der Waals surface area contributed by atoms with Crippen molar-refractivity contribution in [3.8, 4) is 0 Å². The molecule has 0 saturated carbocycles. The van der Waals surface area contributed by atoms with Crippen LogP contribution < -0.4 is 5.32 Å². The van der Waals surface area contributed by atoms with Crippen molar-refractivity contribution in [1.29, 1.82) is 0 Å². The number of rotatable bonds is 1. The van der Waals surface area contributed by atoms with Crippen LogP contribution in [0.4, 0.5) is 0 Å². The fraction of sp³-hybridized carbons (Fsp3) is 0.417. The van der Waals surface area contributed by atoms with Crippen LogP contribution in [-0.2, 0) is 0 Å². The van der Waals surface area contributed by atoms with E-state index in [-0.39, 0.29) is 0 Å². The molecule has 15 heavy (non-hydrogen) atoms. The molecular weight excluding hydrogens is 186 g/mol. The Hall–Kier alpha value is -1.35. The van der Waals surface area contributed by atoms with Crippen LogP contribution in [0.2, 0.25) is 0 Å². The second-order valence-electron chi connectivity index (χ2n) is 4.29. The number of nitrogens with zero attached hydrogens (tertiary/aromatic N) is 2. The second-order valence-corrected chi connectivity index (χ2v) is 4.29. The molecule has 3 heteroatoms. The average Bonchev–Trinajstić information content (AvgIpc) is 2.82. The van der Waals surface area contributed by atoms with Crippen molar-refractivity contribution in [3.63, 3.8) is 0 Å². The lowest BCUT2D eigenvalue weighted by Crippen LogP contribution is -2.12. The first-order valence-electron chi connectivity index (χ1n) is 5.52. The summed E-state index contributed by atoms with van der Waals surface area (Å²) in [6, 6.07) is 4.82. The molecule has 1 aliphatic heterocycles. The van der Waals surface area contributed by atoms with E-state index in [4.69, 9.17) is 0 Å². The maximum atomic E-state index is 4.40. The number of hydrogen-bond donors (Lipinski definition) is 1. The third-order valence-electron chi connectivity index (χ3n) is 3.13. The van der Waals surface area contributed by atoms with Gasteiger partial charge < -0.3 is 5.32 Å². The monoisotopic (exact) mass is 201 g/mol. The zero-order valence-electron chi connectivity index (χ0n) is 8.90. The van der Waals surface area contributed by atoms with E-state index in [0.717, 1.165) is 6.54 Å². The van der Waals surface area contributed by atoms with Crippen LogP contribution in [0.1, 0.15) is 30.0 Å². The minimum absolute atomic E-state index is 0.505. The highest BCUT2D eigenvalue weighted by molar-refractivity contribution is 5.55. The molecule has 1 unspecified atom stereocenters. The Balaban J connectivity index is 2.11. The van der Waals surface area contributed by atoms with Crippen molar-refractivity contribution in [2.24, 2.45) is 0 Å². The molecule has 3 nitrogen and oxygen atoms in total. The van der Waals surface area contributed by atoms with Gasteiger partial charge in [-0.2, -0.15) is 5.10 Å². The molecule has 2 aromatic rings. The molecule has 1 N–H and O–H groups in total. The van der Waals surface area contributed by atoms with Gasteiger partial charge in [0.25, 0.3) is 0 Å². The van der Waals surface area contributed by atoms with Crippen molar-refractivity contribution < 1.29 is 0 Å². The van der Waals surface area contributed by atoms with Crippen LogP contribution in [0.5, 0.6) is 0 Å². The van der Waals surface area contributed by atoms with Gasteiger partial charge in [-0.15, -0.1) is 0 Å². The predicted molar refractivity (Wildman–Crippen MR) is 59.9 cm³/mol. The number of aromatic nitrogens is 2. The van der Waals surface area contributed by atoms with E-state index in [1.54, 1.807) is 0 Å². The van der Waals surface area contributed by atoms with E-state index in [1.807, 2.05) is 10.7 Å². The van der Waals surface area contributed by atoms with Crippen LogP contribution in [0, 0.1) is 6.92 Å². The quantitative estimate of drug-likeness (QED) is 0.765. The highest BCUT2D eigenvalue weighted by Crippen LogP contribution is 2.26. The molecule has 78 valence electrons. The highest BCUT2D eigenvalue weighted by atomic mass is 15.2. The third kappa shape index (κ3) is 1.43. The minimum atomic E-state index is 0.505. The molecule has 3 rings (SSSR count). The predicted octanol–water partition coefficient (Wildman–Crippen LogP) is 2.07. The van der Waals surface area contributed by atoms with Crippen molar-refractivity contribution in [2.45, 2.75) is 25.8 Å². The van der Waals surface area contributed by atoms with Crippen molar-refractivity contribution >= 4 is 5.52 Å². The molecule has 0 bridgehead atoms. The van der Waals surface area contributed by atoms with Crippen LogP contribution in [0.15, 0.2) is 24.5 Å². The molecule has 1 aliphatic rings.